The molecular weight excluding hydrogens is 232 g/mol. The van der Waals surface area contributed by atoms with Crippen LogP contribution in [0.25, 0.3) is 0 Å². The normalized spacial score (nSPS) is 13.3. The summed E-state index contributed by atoms with van der Waals surface area (Å²) in [7, 11) is 0. The molecule has 18 heavy (non-hydrogen) atoms. The van der Waals surface area contributed by atoms with Crippen molar-refractivity contribution in [2.24, 2.45) is 0 Å². The molecule has 0 saturated heterocycles. The zero-order valence-corrected chi connectivity index (χ0v) is 10.5. The molecule has 98 valence electrons. The van der Waals surface area contributed by atoms with Crippen LogP contribution in [-0.2, 0) is 16.0 Å². The van der Waals surface area contributed by atoms with Crippen molar-refractivity contribution in [1.29, 1.82) is 0 Å². The molecule has 1 heterocycles. The third-order valence-electron chi connectivity index (χ3n) is 2.69. The third kappa shape index (κ3) is 2.92. The summed E-state index contributed by atoms with van der Waals surface area (Å²) >= 11 is 0. The number of fused-ring (bicyclic) bond motifs is 1. The van der Waals surface area contributed by atoms with Crippen molar-refractivity contribution in [3.05, 3.63) is 17.7 Å². The van der Waals surface area contributed by atoms with Crippen LogP contribution in [0.3, 0.4) is 0 Å². The van der Waals surface area contributed by atoms with Crippen LogP contribution in [0.1, 0.15) is 18.9 Å². The van der Waals surface area contributed by atoms with Gasteiger partial charge in [-0.1, -0.05) is 6.92 Å². The van der Waals surface area contributed by atoms with E-state index in [0.29, 0.717) is 31.1 Å². The number of hydrogen-bond acceptors (Lipinski definition) is 4. The Kier molecular flexibility index (Phi) is 4.04. The molecule has 0 bridgehead atoms. The van der Waals surface area contributed by atoms with Gasteiger partial charge < -0.3 is 20.5 Å². The van der Waals surface area contributed by atoms with Crippen LogP contribution < -0.4 is 15.8 Å². The van der Waals surface area contributed by atoms with E-state index in [9.17, 15) is 4.79 Å². The number of anilines is 2. The van der Waals surface area contributed by atoms with E-state index < -0.39 is 0 Å². The van der Waals surface area contributed by atoms with Gasteiger partial charge in [-0.25, -0.2) is 0 Å². The van der Waals surface area contributed by atoms with Crippen molar-refractivity contribution in [2.75, 3.05) is 30.9 Å². The first kappa shape index (κ1) is 12.7. The smallest absolute Gasteiger partial charge is 0.228 e. The van der Waals surface area contributed by atoms with Crippen molar-refractivity contribution in [1.82, 2.24) is 0 Å². The minimum Gasteiger partial charge on any atom is -0.489 e. The molecule has 0 fully saturated rings. The van der Waals surface area contributed by atoms with Gasteiger partial charge in [-0.2, -0.15) is 0 Å². The van der Waals surface area contributed by atoms with Crippen molar-refractivity contribution in [2.45, 2.75) is 19.8 Å². The second-order valence-corrected chi connectivity index (χ2v) is 4.23. The Labute approximate surface area is 106 Å². The number of benzene rings is 1. The Morgan fingerprint density at radius 2 is 2.17 bits per heavy atom. The van der Waals surface area contributed by atoms with Gasteiger partial charge in [0.1, 0.15) is 12.4 Å². The number of nitrogen functional groups attached to an aromatic ring is 1. The predicted molar refractivity (Wildman–Crippen MR) is 69.8 cm³/mol. The van der Waals surface area contributed by atoms with E-state index in [0.717, 1.165) is 24.3 Å². The van der Waals surface area contributed by atoms with Gasteiger partial charge in [0.05, 0.1) is 18.7 Å². The first-order valence-corrected chi connectivity index (χ1v) is 6.13. The fraction of sp³-hybridized carbons (Fsp3) is 0.462. The van der Waals surface area contributed by atoms with E-state index in [1.807, 2.05) is 0 Å². The molecule has 1 aliphatic rings. The average molecular weight is 250 g/mol. The highest BCUT2D eigenvalue weighted by Gasteiger charge is 2.19. The van der Waals surface area contributed by atoms with E-state index in [-0.39, 0.29) is 5.91 Å². The summed E-state index contributed by atoms with van der Waals surface area (Å²) in [5.41, 5.74) is 8.14. The zero-order valence-electron chi connectivity index (χ0n) is 10.5. The number of amides is 1. The van der Waals surface area contributed by atoms with Crippen molar-refractivity contribution < 1.29 is 14.3 Å². The highest BCUT2D eigenvalue weighted by Crippen LogP contribution is 2.32. The molecule has 0 spiro atoms. The summed E-state index contributed by atoms with van der Waals surface area (Å²) in [5.74, 6) is 0.587. The Balaban J connectivity index is 1.93. The fourth-order valence-electron chi connectivity index (χ4n) is 1.86. The number of hydrogen-bond donors (Lipinski definition) is 2. The summed E-state index contributed by atoms with van der Waals surface area (Å²) in [4.78, 5) is 11.2. The van der Waals surface area contributed by atoms with Crippen LogP contribution in [0.4, 0.5) is 11.4 Å². The first-order valence-electron chi connectivity index (χ1n) is 6.13. The van der Waals surface area contributed by atoms with Crippen molar-refractivity contribution >= 4 is 17.3 Å². The second-order valence-electron chi connectivity index (χ2n) is 4.23. The van der Waals surface area contributed by atoms with Gasteiger partial charge in [0, 0.05) is 18.4 Å². The molecule has 1 aliphatic heterocycles. The molecule has 0 atom stereocenters. The molecule has 0 aliphatic carbocycles. The van der Waals surface area contributed by atoms with Crippen LogP contribution in [0.15, 0.2) is 12.1 Å². The Morgan fingerprint density at radius 1 is 1.33 bits per heavy atom. The minimum atomic E-state index is -0.00664. The summed E-state index contributed by atoms with van der Waals surface area (Å²) in [6.45, 7) is 3.79. The maximum absolute atomic E-state index is 11.2. The van der Waals surface area contributed by atoms with E-state index in [4.69, 9.17) is 15.2 Å². The van der Waals surface area contributed by atoms with Crippen LogP contribution in [0, 0.1) is 0 Å². The third-order valence-corrected chi connectivity index (χ3v) is 2.69. The highest BCUT2D eigenvalue weighted by atomic mass is 16.5. The zero-order chi connectivity index (χ0) is 13.0. The largest absolute Gasteiger partial charge is 0.489 e. The van der Waals surface area contributed by atoms with E-state index in [1.165, 1.54) is 0 Å². The molecule has 1 aromatic rings. The molecule has 0 radical (unpaired) electrons. The van der Waals surface area contributed by atoms with E-state index in [1.54, 1.807) is 12.1 Å². The van der Waals surface area contributed by atoms with E-state index >= 15 is 0 Å². The molecule has 1 aromatic carbocycles. The Bertz CT molecular complexity index is 446. The monoisotopic (exact) mass is 250 g/mol. The van der Waals surface area contributed by atoms with Gasteiger partial charge in [0.25, 0.3) is 0 Å². The topological polar surface area (TPSA) is 73.6 Å². The van der Waals surface area contributed by atoms with Crippen LogP contribution in [0.5, 0.6) is 5.75 Å². The standard InChI is InChI=1S/C13H18N2O3/c1-2-3-17-4-5-18-12-8-11-9(6-10(12)14)7-13(16)15-11/h6,8H,2-5,7,14H2,1H3,(H,15,16). The van der Waals surface area contributed by atoms with Gasteiger partial charge in [0.15, 0.2) is 0 Å². The molecular formula is C13H18N2O3. The van der Waals surface area contributed by atoms with Crippen LogP contribution in [0.2, 0.25) is 0 Å². The SMILES string of the molecule is CCCOCCOc1cc2c(cc1N)CC(=O)N2. The summed E-state index contributed by atoms with van der Waals surface area (Å²) in [5, 5.41) is 2.77. The average Bonchev–Trinajstić information content (AvgIpc) is 2.68. The van der Waals surface area contributed by atoms with Gasteiger partial charge in [-0.05, 0) is 18.1 Å². The quantitative estimate of drug-likeness (QED) is 0.593. The molecule has 5 nitrogen and oxygen atoms in total. The van der Waals surface area contributed by atoms with Gasteiger partial charge in [-0.3, -0.25) is 4.79 Å². The maximum atomic E-state index is 11.2. The second kappa shape index (κ2) is 5.73. The molecule has 3 N–H and O–H groups in total. The number of rotatable bonds is 6. The maximum Gasteiger partial charge on any atom is 0.228 e. The first-order chi connectivity index (χ1) is 8.70. The number of nitrogens with one attached hydrogen (secondary N) is 1. The summed E-state index contributed by atoms with van der Waals surface area (Å²) in [6.07, 6.45) is 1.38. The fourth-order valence-corrected chi connectivity index (χ4v) is 1.86. The van der Waals surface area contributed by atoms with Crippen LogP contribution >= 0.6 is 0 Å². The number of carbonyl (C=O) groups is 1. The van der Waals surface area contributed by atoms with Gasteiger partial charge in [0.2, 0.25) is 5.91 Å². The molecule has 5 heteroatoms. The Hall–Kier alpha value is -1.75. The lowest BCUT2D eigenvalue weighted by atomic mass is 10.1. The molecule has 1 amide bonds. The molecule has 2 rings (SSSR count). The number of carbonyl (C=O) groups excluding carboxylic acids is 1. The predicted octanol–water partition coefficient (Wildman–Crippen LogP) is 1.57. The molecule has 0 unspecified atom stereocenters. The highest BCUT2D eigenvalue weighted by molar-refractivity contribution is 6.00. The van der Waals surface area contributed by atoms with Crippen molar-refractivity contribution in [3.63, 3.8) is 0 Å². The minimum absolute atomic E-state index is 0.00664. The summed E-state index contributed by atoms with van der Waals surface area (Å²) < 4.78 is 10.9. The number of nitrogens with two attached hydrogens (primary N) is 1. The van der Waals surface area contributed by atoms with Gasteiger partial charge in [-0.15, -0.1) is 0 Å². The lowest BCUT2D eigenvalue weighted by Gasteiger charge is -2.11. The molecule has 0 saturated carbocycles. The van der Waals surface area contributed by atoms with Gasteiger partial charge >= 0.3 is 0 Å². The Morgan fingerprint density at radius 3 is 2.94 bits per heavy atom. The molecule has 0 aromatic heterocycles. The lowest BCUT2D eigenvalue weighted by Crippen LogP contribution is -2.08. The lowest BCUT2D eigenvalue weighted by molar-refractivity contribution is -0.115. The van der Waals surface area contributed by atoms with Crippen LogP contribution in [-0.4, -0.2) is 25.7 Å². The number of ether oxygens (including phenoxy) is 2. The van der Waals surface area contributed by atoms with E-state index in [2.05, 4.69) is 12.2 Å². The summed E-state index contributed by atoms with van der Waals surface area (Å²) in [6, 6.07) is 3.56. The van der Waals surface area contributed by atoms with Crippen molar-refractivity contribution in [3.8, 4) is 5.75 Å².